The summed E-state index contributed by atoms with van der Waals surface area (Å²) in [5, 5.41) is 2.99. The van der Waals surface area contributed by atoms with Crippen molar-refractivity contribution in [1.29, 1.82) is 0 Å². The van der Waals surface area contributed by atoms with Gasteiger partial charge in [-0.25, -0.2) is 8.42 Å². The molecular formula is C32H41N3O5S. The molecule has 0 heterocycles. The van der Waals surface area contributed by atoms with Crippen LogP contribution in [0.5, 0.6) is 5.75 Å². The van der Waals surface area contributed by atoms with Crippen molar-refractivity contribution in [3.8, 4) is 5.75 Å². The number of rotatable bonds is 15. The normalized spacial score (nSPS) is 11.9. The second kappa shape index (κ2) is 15.2. The molecule has 0 aromatic heterocycles. The fourth-order valence-corrected chi connectivity index (χ4v) is 5.41. The Morgan fingerprint density at radius 3 is 2.22 bits per heavy atom. The molecule has 0 fully saturated rings. The van der Waals surface area contributed by atoms with E-state index in [9.17, 15) is 18.0 Å². The molecule has 2 amide bonds. The van der Waals surface area contributed by atoms with Crippen LogP contribution in [0.1, 0.15) is 43.4 Å². The van der Waals surface area contributed by atoms with Crippen molar-refractivity contribution in [2.24, 2.45) is 0 Å². The predicted octanol–water partition coefficient (Wildman–Crippen LogP) is 4.72. The van der Waals surface area contributed by atoms with Crippen molar-refractivity contribution in [2.75, 3.05) is 30.3 Å². The molecule has 0 aliphatic rings. The van der Waals surface area contributed by atoms with Crippen molar-refractivity contribution in [1.82, 2.24) is 10.2 Å². The van der Waals surface area contributed by atoms with E-state index in [1.807, 2.05) is 75.4 Å². The minimum absolute atomic E-state index is 0.153. The van der Waals surface area contributed by atoms with Gasteiger partial charge in [0, 0.05) is 19.5 Å². The van der Waals surface area contributed by atoms with Gasteiger partial charge in [0.1, 0.15) is 18.3 Å². The highest BCUT2D eigenvalue weighted by molar-refractivity contribution is 7.92. The maximum Gasteiger partial charge on any atom is 0.244 e. The van der Waals surface area contributed by atoms with Crippen LogP contribution in [-0.4, -0.2) is 57.1 Å². The summed E-state index contributed by atoms with van der Waals surface area (Å²) in [6.45, 7) is 6.54. The highest BCUT2D eigenvalue weighted by Gasteiger charge is 2.33. The van der Waals surface area contributed by atoms with Gasteiger partial charge < -0.3 is 15.0 Å². The first kappa shape index (κ1) is 31.7. The SMILES string of the molecule is CCCCNC(=O)[C@H](Cc1ccccc1)N(Cc1cccc(C)c1)C(=O)CN(c1ccc(OCC)cc1)S(C)(=O)=O. The molecule has 220 valence electrons. The Bertz CT molecular complexity index is 1380. The van der Waals surface area contributed by atoms with Gasteiger partial charge in [-0.1, -0.05) is 73.5 Å². The standard InChI is InChI=1S/C32H41N3O5S/c1-5-7-20-33-32(37)30(22-26-13-9-8-10-14-26)34(23-27-15-11-12-25(3)21-27)31(36)24-35(41(4,38)39)28-16-18-29(19-17-28)40-6-2/h8-19,21,30H,5-7,20,22-24H2,1-4H3,(H,33,37)/t30-/m0/s1. The summed E-state index contributed by atoms with van der Waals surface area (Å²) in [4.78, 5) is 29.2. The summed E-state index contributed by atoms with van der Waals surface area (Å²) in [6.07, 6.45) is 3.09. The van der Waals surface area contributed by atoms with Crippen LogP contribution in [-0.2, 0) is 32.6 Å². The summed E-state index contributed by atoms with van der Waals surface area (Å²) < 4.78 is 32.4. The molecule has 0 saturated carbocycles. The molecule has 0 aliphatic heterocycles. The Labute approximate surface area is 244 Å². The minimum Gasteiger partial charge on any atom is -0.494 e. The Morgan fingerprint density at radius 1 is 0.927 bits per heavy atom. The topological polar surface area (TPSA) is 96.0 Å². The highest BCUT2D eigenvalue weighted by Crippen LogP contribution is 2.23. The van der Waals surface area contributed by atoms with Crippen molar-refractivity contribution in [2.45, 2.75) is 52.6 Å². The zero-order valence-corrected chi connectivity index (χ0v) is 25.2. The Kier molecular flexibility index (Phi) is 11.8. The van der Waals surface area contributed by atoms with Gasteiger partial charge in [0.2, 0.25) is 21.8 Å². The van der Waals surface area contributed by atoms with E-state index in [2.05, 4.69) is 5.32 Å². The predicted molar refractivity (Wildman–Crippen MR) is 163 cm³/mol. The molecule has 1 N–H and O–H groups in total. The first-order valence-electron chi connectivity index (χ1n) is 14.0. The van der Waals surface area contributed by atoms with Crippen LogP contribution in [0, 0.1) is 6.92 Å². The van der Waals surface area contributed by atoms with Gasteiger partial charge in [0.15, 0.2) is 0 Å². The molecule has 0 spiro atoms. The molecular weight excluding hydrogens is 538 g/mol. The zero-order valence-electron chi connectivity index (χ0n) is 24.4. The molecule has 0 saturated heterocycles. The molecule has 3 aromatic rings. The lowest BCUT2D eigenvalue weighted by Crippen LogP contribution is -2.53. The fraction of sp³-hybridized carbons (Fsp3) is 0.375. The summed E-state index contributed by atoms with van der Waals surface area (Å²) in [5.41, 5.74) is 3.11. The number of amides is 2. The number of anilines is 1. The minimum atomic E-state index is -3.83. The number of unbranched alkanes of at least 4 members (excludes halogenated alkanes) is 1. The molecule has 0 unspecified atom stereocenters. The third kappa shape index (κ3) is 9.63. The lowest BCUT2D eigenvalue weighted by molar-refractivity contribution is -0.140. The van der Waals surface area contributed by atoms with E-state index in [4.69, 9.17) is 4.74 Å². The van der Waals surface area contributed by atoms with E-state index in [0.29, 0.717) is 24.6 Å². The van der Waals surface area contributed by atoms with E-state index >= 15 is 0 Å². The summed E-state index contributed by atoms with van der Waals surface area (Å²) >= 11 is 0. The first-order valence-corrected chi connectivity index (χ1v) is 15.8. The number of aryl methyl sites for hydroxylation is 1. The lowest BCUT2D eigenvalue weighted by Gasteiger charge is -2.33. The Hall–Kier alpha value is -3.85. The number of sulfonamides is 1. The van der Waals surface area contributed by atoms with Crippen molar-refractivity contribution >= 4 is 27.5 Å². The van der Waals surface area contributed by atoms with Crippen molar-refractivity contribution in [3.63, 3.8) is 0 Å². The number of carbonyl (C=O) groups excluding carboxylic acids is 2. The average molecular weight is 580 g/mol. The molecule has 41 heavy (non-hydrogen) atoms. The van der Waals surface area contributed by atoms with Crippen LogP contribution in [0.4, 0.5) is 5.69 Å². The molecule has 9 heteroatoms. The maximum absolute atomic E-state index is 14.1. The molecule has 3 rings (SSSR count). The Morgan fingerprint density at radius 2 is 1.61 bits per heavy atom. The first-order chi connectivity index (χ1) is 19.6. The number of carbonyl (C=O) groups is 2. The zero-order chi connectivity index (χ0) is 29.8. The number of nitrogens with one attached hydrogen (secondary N) is 1. The van der Waals surface area contributed by atoms with E-state index in [1.54, 1.807) is 24.3 Å². The quantitative estimate of drug-likeness (QED) is 0.263. The molecule has 8 nitrogen and oxygen atoms in total. The van der Waals surface area contributed by atoms with E-state index < -0.39 is 28.5 Å². The third-order valence-electron chi connectivity index (χ3n) is 6.65. The van der Waals surface area contributed by atoms with Crippen LogP contribution >= 0.6 is 0 Å². The number of ether oxygens (including phenoxy) is 1. The van der Waals surface area contributed by atoms with Gasteiger partial charge in [-0.2, -0.15) is 0 Å². The molecule has 0 bridgehead atoms. The Balaban J connectivity index is 2.01. The molecule has 3 aromatic carbocycles. The number of benzene rings is 3. The third-order valence-corrected chi connectivity index (χ3v) is 7.79. The average Bonchev–Trinajstić information content (AvgIpc) is 2.94. The van der Waals surface area contributed by atoms with Crippen LogP contribution in [0.3, 0.4) is 0 Å². The highest BCUT2D eigenvalue weighted by atomic mass is 32.2. The van der Waals surface area contributed by atoms with Gasteiger partial charge in [-0.05, 0) is 55.7 Å². The fourth-order valence-electron chi connectivity index (χ4n) is 4.56. The smallest absolute Gasteiger partial charge is 0.244 e. The number of nitrogens with zero attached hydrogens (tertiary/aromatic N) is 2. The monoisotopic (exact) mass is 579 g/mol. The van der Waals surface area contributed by atoms with Gasteiger partial charge in [0.25, 0.3) is 0 Å². The van der Waals surface area contributed by atoms with Crippen LogP contribution < -0.4 is 14.4 Å². The second-order valence-corrected chi connectivity index (χ2v) is 12.0. The second-order valence-electron chi connectivity index (χ2n) is 10.1. The maximum atomic E-state index is 14.1. The van der Waals surface area contributed by atoms with Gasteiger partial charge >= 0.3 is 0 Å². The van der Waals surface area contributed by atoms with E-state index in [0.717, 1.165) is 40.1 Å². The van der Waals surface area contributed by atoms with Crippen LogP contribution in [0.2, 0.25) is 0 Å². The van der Waals surface area contributed by atoms with Gasteiger partial charge in [-0.15, -0.1) is 0 Å². The van der Waals surface area contributed by atoms with Crippen LogP contribution in [0.25, 0.3) is 0 Å². The van der Waals surface area contributed by atoms with Crippen molar-refractivity contribution in [3.05, 3.63) is 95.6 Å². The van der Waals surface area contributed by atoms with Gasteiger partial charge in [0.05, 0.1) is 18.6 Å². The van der Waals surface area contributed by atoms with Gasteiger partial charge in [-0.3, -0.25) is 13.9 Å². The summed E-state index contributed by atoms with van der Waals surface area (Å²) in [7, 11) is -3.83. The number of hydrogen-bond acceptors (Lipinski definition) is 5. The van der Waals surface area contributed by atoms with E-state index in [-0.39, 0.29) is 18.9 Å². The largest absolute Gasteiger partial charge is 0.494 e. The number of hydrogen-bond donors (Lipinski definition) is 1. The van der Waals surface area contributed by atoms with E-state index in [1.165, 1.54) is 4.90 Å². The summed E-state index contributed by atoms with van der Waals surface area (Å²) in [5.74, 6) is -0.142. The van der Waals surface area contributed by atoms with Crippen LogP contribution in [0.15, 0.2) is 78.9 Å². The van der Waals surface area contributed by atoms with Crippen molar-refractivity contribution < 1.29 is 22.7 Å². The molecule has 1 atom stereocenters. The molecule has 0 radical (unpaired) electrons. The lowest BCUT2D eigenvalue weighted by atomic mass is 10.0. The summed E-state index contributed by atoms with van der Waals surface area (Å²) in [6, 6.07) is 23.0. The molecule has 0 aliphatic carbocycles.